The molecule has 0 amide bonds. The standard InChI is InChI=1S/C35H45N5/c1-11-20(3)16-22(5)26-17-23(6)30(24(7)18-26)27-14-13-15-28-32(27)39-34(40-33(28)36)38-29-19-35(9,10)31(21(4)12-2)25(8)37-29/h13-19,22H,11-12H2,1-10H3,(H3,36,38,39,40)/b20-16+,31-21+. The summed E-state index contributed by atoms with van der Waals surface area (Å²) < 4.78 is 0. The Kier molecular flexibility index (Phi) is 8.34. The van der Waals surface area contributed by atoms with E-state index in [0.29, 0.717) is 17.7 Å². The van der Waals surface area contributed by atoms with Crippen LogP contribution in [0.15, 0.2) is 70.0 Å². The van der Waals surface area contributed by atoms with Crippen molar-refractivity contribution in [1.82, 2.24) is 9.97 Å². The molecule has 0 radical (unpaired) electrons. The molecule has 1 unspecified atom stereocenters. The minimum absolute atomic E-state index is 0.153. The molecule has 5 heteroatoms. The molecule has 4 rings (SSSR count). The van der Waals surface area contributed by atoms with Crippen molar-refractivity contribution in [2.24, 2.45) is 10.4 Å². The quantitative estimate of drug-likeness (QED) is 0.295. The van der Waals surface area contributed by atoms with E-state index in [0.717, 1.165) is 40.8 Å². The van der Waals surface area contributed by atoms with Crippen molar-refractivity contribution in [1.29, 1.82) is 0 Å². The zero-order chi connectivity index (χ0) is 29.4. The van der Waals surface area contributed by atoms with Crippen molar-refractivity contribution in [3.8, 4) is 11.1 Å². The number of para-hydroxylation sites is 1. The zero-order valence-corrected chi connectivity index (χ0v) is 26.0. The van der Waals surface area contributed by atoms with Crippen molar-refractivity contribution in [2.45, 2.75) is 88.0 Å². The van der Waals surface area contributed by atoms with Gasteiger partial charge < -0.3 is 11.1 Å². The van der Waals surface area contributed by atoms with Gasteiger partial charge in [0.05, 0.1) is 5.52 Å². The molecule has 0 bridgehead atoms. The largest absolute Gasteiger partial charge is 0.383 e. The molecular formula is C35H45N5. The molecule has 0 saturated carbocycles. The second kappa shape index (κ2) is 11.4. The van der Waals surface area contributed by atoms with E-state index in [1.54, 1.807) is 0 Å². The third kappa shape index (κ3) is 5.74. The molecular weight excluding hydrogens is 490 g/mol. The van der Waals surface area contributed by atoms with Gasteiger partial charge in [-0.15, -0.1) is 0 Å². The normalized spacial score (nSPS) is 17.4. The van der Waals surface area contributed by atoms with Crippen molar-refractivity contribution in [2.75, 3.05) is 11.1 Å². The molecule has 0 fully saturated rings. The Labute approximate surface area is 240 Å². The highest BCUT2D eigenvalue weighted by atomic mass is 15.2. The lowest BCUT2D eigenvalue weighted by molar-refractivity contribution is 0.582. The van der Waals surface area contributed by atoms with E-state index in [4.69, 9.17) is 15.7 Å². The number of nitrogens with zero attached hydrogens (tertiary/aromatic N) is 3. The van der Waals surface area contributed by atoms with Gasteiger partial charge in [0.15, 0.2) is 0 Å². The van der Waals surface area contributed by atoms with Crippen LogP contribution in [0.25, 0.3) is 22.0 Å². The lowest BCUT2D eigenvalue weighted by Crippen LogP contribution is -2.25. The Hall–Kier alpha value is -3.73. The summed E-state index contributed by atoms with van der Waals surface area (Å²) in [7, 11) is 0. The van der Waals surface area contributed by atoms with Crippen LogP contribution in [0.5, 0.6) is 0 Å². The van der Waals surface area contributed by atoms with Crippen LogP contribution in [-0.2, 0) is 0 Å². The van der Waals surface area contributed by atoms with Gasteiger partial charge in [-0.1, -0.05) is 76.1 Å². The Morgan fingerprint density at radius 1 is 1.02 bits per heavy atom. The maximum Gasteiger partial charge on any atom is 0.230 e. The number of aryl methyl sites for hydroxylation is 2. The van der Waals surface area contributed by atoms with Gasteiger partial charge in [-0.05, 0) is 93.3 Å². The van der Waals surface area contributed by atoms with Gasteiger partial charge >= 0.3 is 0 Å². The van der Waals surface area contributed by atoms with Crippen LogP contribution in [-0.4, -0.2) is 15.7 Å². The van der Waals surface area contributed by atoms with Gasteiger partial charge in [-0.2, -0.15) is 4.98 Å². The van der Waals surface area contributed by atoms with Gasteiger partial charge in [-0.3, -0.25) is 0 Å². The number of nitrogen functional groups attached to an aromatic ring is 1. The molecule has 1 aromatic heterocycles. The number of hydrogen-bond donors (Lipinski definition) is 2. The average Bonchev–Trinajstić information content (AvgIpc) is 2.87. The van der Waals surface area contributed by atoms with E-state index in [1.807, 2.05) is 12.1 Å². The fourth-order valence-corrected chi connectivity index (χ4v) is 6.12. The molecule has 40 heavy (non-hydrogen) atoms. The Morgan fingerprint density at radius 3 is 2.30 bits per heavy atom. The van der Waals surface area contributed by atoms with Crippen LogP contribution in [0.2, 0.25) is 0 Å². The zero-order valence-electron chi connectivity index (χ0n) is 26.0. The summed E-state index contributed by atoms with van der Waals surface area (Å²) in [5, 5.41) is 4.22. The predicted molar refractivity (Wildman–Crippen MR) is 173 cm³/mol. The number of nitrogens with one attached hydrogen (secondary N) is 1. The SMILES string of the molecule is CC/C(C)=C1\C(C)=NC(Nc2nc(N)c3cccc(-c4c(C)cc(C(C)/C=C(\C)CC)cc4C)c3n2)=CC1(C)C. The van der Waals surface area contributed by atoms with Crippen molar-refractivity contribution in [3.63, 3.8) is 0 Å². The molecule has 1 aliphatic rings. The Balaban J connectivity index is 1.79. The summed E-state index contributed by atoms with van der Waals surface area (Å²) in [6.45, 7) is 22.0. The summed E-state index contributed by atoms with van der Waals surface area (Å²) in [6, 6.07) is 10.8. The van der Waals surface area contributed by atoms with E-state index in [1.165, 1.54) is 39.0 Å². The number of aromatic nitrogens is 2. The number of anilines is 2. The number of fused-ring (bicyclic) bond motifs is 1. The molecule has 5 nitrogen and oxygen atoms in total. The lowest BCUT2D eigenvalue weighted by Gasteiger charge is -2.31. The van der Waals surface area contributed by atoms with Crippen LogP contribution in [0.4, 0.5) is 11.8 Å². The van der Waals surface area contributed by atoms with Crippen LogP contribution >= 0.6 is 0 Å². The molecule has 1 aliphatic heterocycles. The monoisotopic (exact) mass is 535 g/mol. The van der Waals surface area contributed by atoms with Gasteiger partial charge in [0, 0.05) is 22.1 Å². The summed E-state index contributed by atoms with van der Waals surface area (Å²) in [6.07, 6.45) is 6.60. The van der Waals surface area contributed by atoms with E-state index in [-0.39, 0.29) is 5.41 Å². The molecule has 0 saturated heterocycles. The van der Waals surface area contributed by atoms with Crippen LogP contribution < -0.4 is 11.1 Å². The Bertz CT molecular complexity index is 1560. The van der Waals surface area contributed by atoms with Crippen LogP contribution in [0, 0.1) is 19.3 Å². The molecule has 3 N–H and O–H groups in total. The van der Waals surface area contributed by atoms with Gasteiger partial charge in [-0.25, -0.2) is 9.98 Å². The van der Waals surface area contributed by atoms with E-state index in [2.05, 4.69) is 110 Å². The average molecular weight is 536 g/mol. The third-order valence-corrected chi connectivity index (χ3v) is 8.19. The van der Waals surface area contributed by atoms with E-state index < -0.39 is 0 Å². The molecule has 210 valence electrons. The fraction of sp³-hybridized carbons (Fsp3) is 0.400. The summed E-state index contributed by atoms with van der Waals surface area (Å²) >= 11 is 0. The lowest BCUT2D eigenvalue weighted by atomic mass is 9.77. The minimum Gasteiger partial charge on any atom is -0.383 e. The van der Waals surface area contributed by atoms with Crippen molar-refractivity contribution in [3.05, 3.63) is 81.7 Å². The smallest absolute Gasteiger partial charge is 0.230 e. The predicted octanol–water partition coefficient (Wildman–Crippen LogP) is 9.44. The fourth-order valence-electron chi connectivity index (χ4n) is 6.12. The first-order valence-electron chi connectivity index (χ1n) is 14.5. The highest BCUT2D eigenvalue weighted by Crippen LogP contribution is 2.39. The summed E-state index contributed by atoms with van der Waals surface area (Å²) in [4.78, 5) is 14.5. The number of allylic oxidation sites excluding steroid dienone is 5. The van der Waals surface area contributed by atoms with E-state index in [9.17, 15) is 0 Å². The highest BCUT2D eigenvalue weighted by molar-refractivity contribution is 6.02. The molecule has 2 aromatic carbocycles. The molecule has 0 aliphatic carbocycles. The molecule has 1 atom stereocenters. The topological polar surface area (TPSA) is 76.2 Å². The van der Waals surface area contributed by atoms with Gasteiger partial charge in [0.2, 0.25) is 5.95 Å². The number of hydrogen-bond acceptors (Lipinski definition) is 5. The second-order valence-corrected chi connectivity index (χ2v) is 11.9. The molecule has 3 aromatic rings. The minimum atomic E-state index is -0.153. The first kappa shape index (κ1) is 29.3. The summed E-state index contributed by atoms with van der Waals surface area (Å²) in [5.74, 6) is 2.01. The van der Waals surface area contributed by atoms with Crippen LogP contribution in [0.3, 0.4) is 0 Å². The number of benzene rings is 2. The number of nitrogens with two attached hydrogens (primary N) is 1. The van der Waals surface area contributed by atoms with E-state index >= 15 is 0 Å². The highest BCUT2D eigenvalue weighted by Gasteiger charge is 2.29. The second-order valence-electron chi connectivity index (χ2n) is 11.9. The number of rotatable bonds is 7. The van der Waals surface area contributed by atoms with Crippen LogP contribution in [0.1, 0.15) is 90.8 Å². The van der Waals surface area contributed by atoms with Crippen molar-refractivity contribution >= 4 is 28.4 Å². The van der Waals surface area contributed by atoms with Crippen molar-refractivity contribution < 1.29 is 0 Å². The summed E-state index contributed by atoms with van der Waals surface area (Å²) in [5.41, 5.74) is 18.3. The maximum atomic E-state index is 6.51. The van der Waals surface area contributed by atoms with Gasteiger partial charge in [0.25, 0.3) is 0 Å². The maximum absolute atomic E-state index is 6.51. The molecule has 2 heterocycles. The third-order valence-electron chi connectivity index (χ3n) is 8.19. The first-order chi connectivity index (χ1) is 18.9. The number of aliphatic imine (C=N–C) groups is 1. The Morgan fingerprint density at radius 2 is 1.70 bits per heavy atom. The molecule has 0 spiro atoms. The first-order valence-corrected chi connectivity index (χ1v) is 14.5. The van der Waals surface area contributed by atoms with Gasteiger partial charge in [0.1, 0.15) is 11.6 Å².